The second-order valence-electron chi connectivity index (χ2n) is 4.55. The molecule has 18 heavy (non-hydrogen) atoms. The summed E-state index contributed by atoms with van der Waals surface area (Å²) in [6, 6.07) is 5.60. The molecule has 2 atom stereocenters. The van der Waals surface area contributed by atoms with E-state index in [1.54, 1.807) is 6.92 Å². The maximum Gasteiger partial charge on any atom is 0.346 e. The summed E-state index contributed by atoms with van der Waals surface area (Å²) in [5, 5.41) is 9.93. The van der Waals surface area contributed by atoms with E-state index in [0.29, 0.717) is 5.75 Å². The molecule has 98 valence electrons. The second kappa shape index (κ2) is 5.40. The molecule has 1 aliphatic carbocycles. The minimum Gasteiger partial charge on any atom is -0.479 e. The quantitative estimate of drug-likeness (QED) is 0.834. The smallest absolute Gasteiger partial charge is 0.346 e. The number of aliphatic hydroxyl groups is 1. The number of rotatable bonds is 3. The minimum atomic E-state index is -0.645. The van der Waals surface area contributed by atoms with Gasteiger partial charge in [0, 0.05) is 0 Å². The number of esters is 1. The highest BCUT2D eigenvalue weighted by atomic mass is 16.6. The standard InChI is InChI=1S/C14H18O4/c1-9(14(16)17-2)18-11-7-6-10-4-3-5-13(15)12(10)8-11/h6-9,13,15H,3-5H2,1-2H3/t9?,13-/m1/s1. The van der Waals surface area contributed by atoms with Crippen molar-refractivity contribution in [2.24, 2.45) is 0 Å². The van der Waals surface area contributed by atoms with Gasteiger partial charge < -0.3 is 14.6 Å². The van der Waals surface area contributed by atoms with Crippen LogP contribution in [-0.2, 0) is 16.0 Å². The number of fused-ring (bicyclic) bond motifs is 1. The Labute approximate surface area is 107 Å². The fraction of sp³-hybridized carbons (Fsp3) is 0.500. The van der Waals surface area contributed by atoms with E-state index in [1.807, 2.05) is 18.2 Å². The van der Waals surface area contributed by atoms with Gasteiger partial charge in [0.2, 0.25) is 0 Å². The van der Waals surface area contributed by atoms with Gasteiger partial charge in [-0.1, -0.05) is 6.07 Å². The molecule has 1 aromatic rings. The SMILES string of the molecule is COC(=O)C(C)Oc1ccc2c(c1)[C@H](O)CCC2. The summed E-state index contributed by atoms with van der Waals surface area (Å²) in [6.07, 6.45) is 1.70. The van der Waals surface area contributed by atoms with Crippen LogP contribution in [0.5, 0.6) is 5.75 Å². The summed E-state index contributed by atoms with van der Waals surface area (Å²) in [5.74, 6) is 0.181. The molecule has 2 rings (SSSR count). The van der Waals surface area contributed by atoms with E-state index in [1.165, 1.54) is 7.11 Å². The summed E-state index contributed by atoms with van der Waals surface area (Å²) >= 11 is 0. The lowest BCUT2D eigenvalue weighted by Crippen LogP contribution is -2.25. The number of aliphatic hydroxyl groups excluding tert-OH is 1. The first-order valence-electron chi connectivity index (χ1n) is 6.17. The van der Waals surface area contributed by atoms with Crippen LogP contribution in [0.25, 0.3) is 0 Å². The van der Waals surface area contributed by atoms with E-state index in [0.717, 1.165) is 30.4 Å². The van der Waals surface area contributed by atoms with Crippen LogP contribution < -0.4 is 4.74 Å². The first kappa shape index (κ1) is 12.9. The minimum absolute atomic E-state index is 0.409. The molecule has 1 unspecified atom stereocenters. The Morgan fingerprint density at radius 2 is 2.28 bits per heavy atom. The van der Waals surface area contributed by atoms with Gasteiger partial charge in [-0.25, -0.2) is 4.79 Å². The third-order valence-electron chi connectivity index (χ3n) is 3.25. The molecular formula is C14H18O4. The van der Waals surface area contributed by atoms with Crippen molar-refractivity contribution in [1.29, 1.82) is 0 Å². The fourth-order valence-electron chi connectivity index (χ4n) is 2.24. The van der Waals surface area contributed by atoms with Crippen molar-refractivity contribution < 1.29 is 19.4 Å². The van der Waals surface area contributed by atoms with Crippen LogP contribution in [0.15, 0.2) is 18.2 Å². The molecule has 0 amide bonds. The van der Waals surface area contributed by atoms with Crippen molar-refractivity contribution >= 4 is 5.97 Å². The molecule has 4 heteroatoms. The Morgan fingerprint density at radius 1 is 1.50 bits per heavy atom. The average Bonchev–Trinajstić information content (AvgIpc) is 2.38. The monoisotopic (exact) mass is 250 g/mol. The van der Waals surface area contributed by atoms with Gasteiger partial charge in [-0.15, -0.1) is 0 Å². The summed E-state index contributed by atoms with van der Waals surface area (Å²) in [7, 11) is 1.33. The number of aryl methyl sites for hydroxylation is 1. The normalized spacial score (nSPS) is 19.8. The van der Waals surface area contributed by atoms with Gasteiger partial charge in [0.15, 0.2) is 6.10 Å². The Balaban J connectivity index is 2.15. The number of hydrogen-bond acceptors (Lipinski definition) is 4. The van der Waals surface area contributed by atoms with E-state index >= 15 is 0 Å². The lowest BCUT2D eigenvalue weighted by atomic mass is 9.89. The lowest BCUT2D eigenvalue weighted by molar-refractivity contribution is -0.147. The highest BCUT2D eigenvalue weighted by molar-refractivity contribution is 5.74. The van der Waals surface area contributed by atoms with E-state index in [2.05, 4.69) is 4.74 Å². The van der Waals surface area contributed by atoms with Gasteiger partial charge in [-0.2, -0.15) is 0 Å². The lowest BCUT2D eigenvalue weighted by Gasteiger charge is -2.22. The number of methoxy groups -OCH3 is 1. The summed E-state index contributed by atoms with van der Waals surface area (Å²) < 4.78 is 10.1. The maximum absolute atomic E-state index is 11.3. The van der Waals surface area contributed by atoms with Crippen LogP contribution in [0.2, 0.25) is 0 Å². The van der Waals surface area contributed by atoms with Gasteiger partial charge in [0.1, 0.15) is 5.75 Å². The summed E-state index contributed by atoms with van der Waals surface area (Å²) in [4.78, 5) is 11.3. The van der Waals surface area contributed by atoms with E-state index in [-0.39, 0.29) is 0 Å². The molecular weight excluding hydrogens is 232 g/mol. The molecule has 0 saturated carbocycles. The van der Waals surface area contributed by atoms with Crippen LogP contribution >= 0.6 is 0 Å². The number of carbonyl (C=O) groups is 1. The molecule has 0 spiro atoms. The molecule has 1 N–H and O–H groups in total. The van der Waals surface area contributed by atoms with Crippen LogP contribution in [0, 0.1) is 0 Å². The second-order valence-corrected chi connectivity index (χ2v) is 4.55. The molecule has 0 heterocycles. The highest BCUT2D eigenvalue weighted by Crippen LogP contribution is 2.32. The van der Waals surface area contributed by atoms with Crippen LogP contribution in [0.3, 0.4) is 0 Å². The number of hydrogen-bond donors (Lipinski definition) is 1. The topological polar surface area (TPSA) is 55.8 Å². The molecule has 0 aromatic heterocycles. The molecule has 0 bridgehead atoms. The predicted octanol–water partition coefficient (Wildman–Crippen LogP) is 2.00. The molecule has 4 nitrogen and oxygen atoms in total. The number of ether oxygens (including phenoxy) is 2. The average molecular weight is 250 g/mol. The molecule has 1 aromatic carbocycles. The maximum atomic E-state index is 11.3. The van der Waals surface area contributed by atoms with E-state index in [4.69, 9.17) is 4.74 Å². The van der Waals surface area contributed by atoms with Crippen molar-refractivity contribution in [3.8, 4) is 5.75 Å². The first-order valence-corrected chi connectivity index (χ1v) is 6.17. The zero-order valence-corrected chi connectivity index (χ0v) is 10.7. The zero-order chi connectivity index (χ0) is 13.1. The van der Waals surface area contributed by atoms with Crippen molar-refractivity contribution in [3.63, 3.8) is 0 Å². The van der Waals surface area contributed by atoms with E-state index in [9.17, 15) is 9.90 Å². The number of carbonyl (C=O) groups excluding carboxylic acids is 1. The number of benzene rings is 1. The Morgan fingerprint density at radius 3 is 3.00 bits per heavy atom. The van der Waals surface area contributed by atoms with Crippen molar-refractivity contribution in [3.05, 3.63) is 29.3 Å². The third-order valence-corrected chi connectivity index (χ3v) is 3.25. The molecule has 1 aliphatic rings. The van der Waals surface area contributed by atoms with Crippen molar-refractivity contribution in [1.82, 2.24) is 0 Å². The molecule has 0 radical (unpaired) electrons. The molecule has 0 fully saturated rings. The van der Waals surface area contributed by atoms with Crippen LogP contribution in [0.1, 0.15) is 37.0 Å². The van der Waals surface area contributed by atoms with Gasteiger partial charge >= 0.3 is 5.97 Å². The Hall–Kier alpha value is -1.55. The fourth-order valence-corrected chi connectivity index (χ4v) is 2.24. The predicted molar refractivity (Wildman–Crippen MR) is 66.4 cm³/mol. The van der Waals surface area contributed by atoms with Crippen LogP contribution in [0.4, 0.5) is 0 Å². The van der Waals surface area contributed by atoms with Gasteiger partial charge in [-0.3, -0.25) is 0 Å². The van der Waals surface area contributed by atoms with Gasteiger partial charge in [0.25, 0.3) is 0 Å². The first-order chi connectivity index (χ1) is 8.61. The van der Waals surface area contributed by atoms with E-state index < -0.39 is 18.2 Å². The Bertz CT molecular complexity index is 441. The van der Waals surface area contributed by atoms with Crippen molar-refractivity contribution in [2.45, 2.75) is 38.4 Å². The van der Waals surface area contributed by atoms with Crippen molar-refractivity contribution in [2.75, 3.05) is 7.11 Å². The van der Waals surface area contributed by atoms with Gasteiger partial charge in [0.05, 0.1) is 13.2 Å². The summed E-state index contributed by atoms with van der Waals surface area (Å²) in [6.45, 7) is 1.64. The Kier molecular flexibility index (Phi) is 3.87. The molecule has 0 aliphatic heterocycles. The molecule has 0 saturated heterocycles. The largest absolute Gasteiger partial charge is 0.479 e. The zero-order valence-electron chi connectivity index (χ0n) is 10.7. The van der Waals surface area contributed by atoms with Gasteiger partial charge in [-0.05, 0) is 49.4 Å². The highest BCUT2D eigenvalue weighted by Gasteiger charge is 2.20. The third kappa shape index (κ3) is 2.64. The van der Waals surface area contributed by atoms with Crippen LogP contribution in [-0.4, -0.2) is 24.3 Å². The summed E-state index contributed by atoms with van der Waals surface area (Å²) in [5.41, 5.74) is 2.07.